The van der Waals surface area contributed by atoms with E-state index in [1.54, 1.807) is 7.11 Å². The molecule has 0 radical (unpaired) electrons. The smallest absolute Gasteiger partial charge is 0.227 e. The Morgan fingerprint density at radius 1 is 1.29 bits per heavy atom. The van der Waals surface area contributed by atoms with Crippen LogP contribution in [0.15, 0.2) is 29.8 Å². The van der Waals surface area contributed by atoms with Crippen LogP contribution in [0.4, 0.5) is 5.69 Å². The van der Waals surface area contributed by atoms with Crippen molar-refractivity contribution in [3.05, 3.63) is 35.4 Å². The number of fused-ring (bicyclic) bond motifs is 1. The molecule has 1 amide bonds. The predicted octanol–water partition coefficient (Wildman–Crippen LogP) is 5.49. The Kier molecular flexibility index (Phi) is 5.00. The third kappa shape index (κ3) is 3.16. The number of nitrogens with zero attached hydrogens (tertiary/aromatic N) is 1. The van der Waals surface area contributed by atoms with Crippen LogP contribution in [0.1, 0.15) is 52.5 Å². The molecule has 1 unspecified atom stereocenters. The lowest BCUT2D eigenvalue weighted by atomic mass is 9.96. The maximum absolute atomic E-state index is 13.4. The lowest BCUT2D eigenvalue weighted by Crippen LogP contribution is -2.57. The summed E-state index contributed by atoms with van der Waals surface area (Å²) in [6.07, 6.45) is 2.92. The molecule has 1 heterocycles. The quantitative estimate of drug-likeness (QED) is 0.533. The van der Waals surface area contributed by atoms with Crippen molar-refractivity contribution in [2.75, 3.05) is 11.7 Å². The maximum atomic E-state index is 13.4. The summed E-state index contributed by atoms with van der Waals surface area (Å²) in [5.74, 6) is 0.974. The summed E-state index contributed by atoms with van der Waals surface area (Å²) in [6, 6.07) is 6.08. The minimum absolute atomic E-state index is 0.0980. The van der Waals surface area contributed by atoms with E-state index in [0.717, 1.165) is 23.4 Å². The Labute approximate surface area is 147 Å². The van der Waals surface area contributed by atoms with Crippen molar-refractivity contribution in [3.8, 4) is 5.75 Å². The van der Waals surface area contributed by atoms with Crippen molar-refractivity contribution in [2.45, 2.75) is 65.1 Å². The highest BCUT2D eigenvalue weighted by molar-refractivity contribution is 6.87. The van der Waals surface area contributed by atoms with Crippen molar-refractivity contribution in [1.82, 2.24) is 0 Å². The molecule has 0 aromatic heterocycles. The van der Waals surface area contributed by atoms with Crippen molar-refractivity contribution < 1.29 is 9.53 Å². The first-order valence-corrected chi connectivity index (χ1v) is 11.6. The molecule has 0 spiro atoms. The van der Waals surface area contributed by atoms with Gasteiger partial charge in [-0.3, -0.25) is 4.79 Å². The molecule has 1 aromatic rings. The van der Waals surface area contributed by atoms with Gasteiger partial charge >= 0.3 is 0 Å². The van der Waals surface area contributed by atoms with E-state index in [1.807, 2.05) is 12.1 Å². The van der Waals surface area contributed by atoms with Crippen LogP contribution in [0.5, 0.6) is 5.75 Å². The fourth-order valence-electron chi connectivity index (χ4n) is 3.04. The van der Waals surface area contributed by atoms with Gasteiger partial charge in [0, 0.05) is 5.69 Å². The zero-order valence-corrected chi connectivity index (χ0v) is 17.4. The number of carbonyl (C=O) groups excluding carboxylic acids is 1. The minimum atomic E-state index is -1.99. The number of allylic oxidation sites excluding steroid dienone is 2. The number of hydrogen-bond acceptors (Lipinski definition) is 2. The van der Waals surface area contributed by atoms with E-state index in [9.17, 15) is 4.79 Å². The number of benzene rings is 1. The summed E-state index contributed by atoms with van der Waals surface area (Å²) >= 11 is 0. The topological polar surface area (TPSA) is 29.5 Å². The van der Waals surface area contributed by atoms with Crippen molar-refractivity contribution in [3.63, 3.8) is 0 Å². The van der Waals surface area contributed by atoms with Gasteiger partial charge in [0.2, 0.25) is 5.91 Å². The summed E-state index contributed by atoms with van der Waals surface area (Å²) < 4.78 is 7.55. The van der Waals surface area contributed by atoms with Crippen molar-refractivity contribution in [1.29, 1.82) is 0 Å². The molecule has 0 fully saturated rings. The molecule has 0 saturated heterocycles. The molecular weight excluding hydrogens is 314 g/mol. The summed E-state index contributed by atoms with van der Waals surface area (Å²) in [6.45, 7) is 15.5. The van der Waals surface area contributed by atoms with Crippen LogP contribution < -0.4 is 9.30 Å². The lowest BCUT2D eigenvalue weighted by Gasteiger charge is -2.44. The number of rotatable bonds is 4. The Morgan fingerprint density at radius 3 is 2.42 bits per heavy atom. The molecule has 1 aromatic carbocycles. The highest BCUT2D eigenvalue weighted by Crippen LogP contribution is 2.49. The molecule has 1 atom stereocenters. The SMILES string of the molecule is COc1ccc2c(c1)C(CC=C(C)C)C(=O)N2[Si](C)(C)C(C)(C)C. The largest absolute Gasteiger partial charge is 0.497 e. The molecule has 0 saturated carbocycles. The van der Waals surface area contributed by atoms with Gasteiger partial charge in [0.1, 0.15) is 5.75 Å². The van der Waals surface area contributed by atoms with E-state index in [4.69, 9.17) is 4.74 Å². The Bertz CT molecular complexity index is 667. The first kappa shape index (κ1) is 18.8. The van der Waals surface area contributed by atoms with Crippen molar-refractivity contribution >= 4 is 19.8 Å². The lowest BCUT2D eigenvalue weighted by molar-refractivity contribution is -0.118. The first-order chi connectivity index (χ1) is 11.0. The molecule has 2 rings (SSSR count). The molecule has 132 valence electrons. The molecule has 0 bridgehead atoms. The number of hydrogen-bond donors (Lipinski definition) is 0. The fraction of sp³-hybridized carbons (Fsp3) is 0.550. The standard InChI is InChI=1S/C20H31NO2Si/c1-14(2)9-11-16-17-13-15(23-6)10-12-18(17)21(19(16)22)24(7,8)20(3,4)5/h9-10,12-13,16H,11H2,1-8H3. The molecular formula is C20H31NO2Si. The molecule has 0 N–H and O–H groups in total. The van der Waals surface area contributed by atoms with Gasteiger partial charge in [-0.05, 0) is 49.1 Å². The normalized spacial score (nSPS) is 17.8. The van der Waals surface area contributed by atoms with E-state index in [-0.39, 0.29) is 16.9 Å². The van der Waals surface area contributed by atoms with Crippen LogP contribution in [0.2, 0.25) is 18.1 Å². The van der Waals surface area contributed by atoms with E-state index >= 15 is 0 Å². The summed E-state index contributed by atoms with van der Waals surface area (Å²) in [5, 5.41) is 0.102. The van der Waals surface area contributed by atoms with Crippen LogP contribution in [0.3, 0.4) is 0 Å². The number of methoxy groups -OCH3 is 1. The Morgan fingerprint density at radius 2 is 1.92 bits per heavy atom. The monoisotopic (exact) mass is 345 g/mol. The first-order valence-electron chi connectivity index (χ1n) is 8.66. The number of amides is 1. The Balaban J connectivity index is 2.58. The average molecular weight is 346 g/mol. The van der Waals surface area contributed by atoms with Gasteiger partial charge in [-0.25, -0.2) is 0 Å². The van der Waals surface area contributed by atoms with Crippen LogP contribution >= 0.6 is 0 Å². The van der Waals surface area contributed by atoms with Gasteiger partial charge < -0.3 is 9.30 Å². The Hall–Kier alpha value is -1.55. The third-order valence-electron chi connectivity index (χ3n) is 5.53. The van der Waals surface area contributed by atoms with Gasteiger partial charge in [-0.1, -0.05) is 45.5 Å². The fourth-order valence-corrected chi connectivity index (χ4v) is 5.23. The number of carbonyl (C=O) groups is 1. The zero-order chi connectivity index (χ0) is 18.3. The number of anilines is 1. The van der Waals surface area contributed by atoms with Gasteiger partial charge in [0.05, 0.1) is 13.0 Å². The maximum Gasteiger partial charge on any atom is 0.227 e. The minimum Gasteiger partial charge on any atom is -0.497 e. The van der Waals surface area contributed by atoms with Gasteiger partial charge in [0.25, 0.3) is 0 Å². The molecule has 3 nitrogen and oxygen atoms in total. The van der Waals surface area contributed by atoms with Crippen LogP contribution in [-0.4, -0.2) is 21.3 Å². The van der Waals surface area contributed by atoms with E-state index in [2.05, 4.69) is 64.4 Å². The molecule has 0 aliphatic carbocycles. The predicted molar refractivity (Wildman–Crippen MR) is 104 cm³/mol. The highest BCUT2D eigenvalue weighted by Gasteiger charge is 2.50. The van der Waals surface area contributed by atoms with Crippen LogP contribution in [-0.2, 0) is 4.79 Å². The summed E-state index contributed by atoms with van der Waals surface area (Å²) in [4.78, 5) is 13.4. The second-order valence-electron chi connectivity index (χ2n) is 8.48. The van der Waals surface area contributed by atoms with Gasteiger partial charge in [-0.15, -0.1) is 0 Å². The second-order valence-corrected chi connectivity index (χ2v) is 13.5. The average Bonchev–Trinajstić information content (AvgIpc) is 2.74. The molecule has 1 aliphatic heterocycles. The third-order valence-corrected chi connectivity index (χ3v) is 10.8. The molecule has 4 heteroatoms. The summed E-state index contributed by atoms with van der Waals surface area (Å²) in [7, 11) is -0.314. The van der Waals surface area contributed by atoms with E-state index in [1.165, 1.54) is 5.57 Å². The molecule has 1 aliphatic rings. The van der Waals surface area contributed by atoms with Crippen LogP contribution in [0, 0.1) is 0 Å². The highest BCUT2D eigenvalue weighted by atomic mass is 28.3. The number of ether oxygens (including phenoxy) is 1. The van der Waals surface area contributed by atoms with Crippen LogP contribution in [0.25, 0.3) is 0 Å². The van der Waals surface area contributed by atoms with Gasteiger partial charge in [-0.2, -0.15) is 0 Å². The summed E-state index contributed by atoms with van der Waals surface area (Å²) in [5.41, 5.74) is 3.44. The zero-order valence-electron chi connectivity index (χ0n) is 16.4. The van der Waals surface area contributed by atoms with E-state index < -0.39 is 8.24 Å². The van der Waals surface area contributed by atoms with Gasteiger partial charge in [0.15, 0.2) is 8.24 Å². The second kappa shape index (κ2) is 6.39. The van der Waals surface area contributed by atoms with Crippen molar-refractivity contribution in [2.24, 2.45) is 0 Å². The molecule has 24 heavy (non-hydrogen) atoms. The van der Waals surface area contributed by atoms with E-state index in [0.29, 0.717) is 0 Å².